The van der Waals surface area contributed by atoms with Crippen LogP contribution in [0.2, 0.25) is 0 Å². The Morgan fingerprint density at radius 1 is 1.38 bits per heavy atom. The Balaban J connectivity index is 1.94. The third kappa shape index (κ3) is 3.74. The molecule has 0 aromatic heterocycles. The summed E-state index contributed by atoms with van der Waals surface area (Å²) >= 11 is 3.47. The molecule has 2 bridgehead atoms. The van der Waals surface area contributed by atoms with Crippen LogP contribution in [0.5, 0.6) is 0 Å². The SMILES string of the molecule is CC(C)(C)OC(=O)N1CC2CC1C(OCC(=O)O)(c1cccc(Br)c1)C2. The van der Waals surface area contributed by atoms with Gasteiger partial charge in [-0.05, 0) is 57.2 Å². The van der Waals surface area contributed by atoms with Crippen molar-refractivity contribution in [3.05, 3.63) is 34.3 Å². The molecule has 3 unspecified atom stereocenters. The van der Waals surface area contributed by atoms with Gasteiger partial charge in [-0.25, -0.2) is 9.59 Å². The summed E-state index contributed by atoms with van der Waals surface area (Å²) in [6.07, 6.45) is 1.11. The fraction of sp³-hybridized carbons (Fsp3) is 0.579. The van der Waals surface area contributed by atoms with E-state index < -0.39 is 23.8 Å². The van der Waals surface area contributed by atoms with Crippen molar-refractivity contribution >= 4 is 28.0 Å². The molecule has 1 saturated carbocycles. The maximum absolute atomic E-state index is 12.7. The summed E-state index contributed by atoms with van der Waals surface area (Å²) in [6, 6.07) is 7.44. The van der Waals surface area contributed by atoms with Crippen molar-refractivity contribution in [2.24, 2.45) is 5.92 Å². The molecule has 1 N–H and O–H groups in total. The van der Waals surface area contributed by atoms with Crippen LogP contribution in [-0.4, -0.2) is 46.9 Å². The molecule has 0 radical (unpaired) electrons. The average Bonchev–Trinajstić information content (AvgIpc) is 3.10. The lowest BCUT2D eigenvalue weighted by molar-refractivity contribution is -0.157. The van der Waals surface area contributed by atoms with E-state index in [1.807, 2.05) is 45.0 Å². The normalized spacial score (nSPS) is 27.6. The van der Waals surface area contributed by atoms with Crippen LogP contribution in [0, 0.1) is 5.92 Å². The molecule has 0 spiro atoms. The second-order valence-electron chi connectivity index (χ2n) is 8.04. The molecule has 3 rings (SSSR count). The smallest absolute Gasteiger partial charge is 0.410 e. The molecule has 142 valence electrons. The van der Waals surface area contributed by atoms with Gasteiger partial charge in [0.2, 0.25) is 0 Å². The number of amides is 1. The van der Waals surface area contributed by atoms with Gasteiger partial charge >= 0.3 is 12.1 Å². The molecule has 1 aromatic carbocycles. The van der Waals surface area contributed by atoms with Crippen LogP contribution in [0.3, 0.4) is 0 Å². The van der Waals surface area contributed by atoms with Crippen molar-refractivity contribution < 1.29 is 24.2 Å². The number of aliphatic carboxylic acids is 1. The van der Waals surface area contributed by atoms with Crippen molar-refractivity contribution in [2.45, 2.75) is 50.9 Å². The number of likely N-dealkylation sites (tertiary alicyclic amines) is 1. The summed E-state index contributed by atoms with van der Waals surface area (Å²) in [6.45, 7) is 5.72. The van der Waals surface area contributed by atoms with E-state index in [-0.39, 0.29) is 18.1 Å². The maximum atomic E-state index is 12.7. The van der Waals surface area contributed by atoms with Gasteiger partial charge in [0.05, 0.1) is 6.04 Å². The summed E-state index contributed by atoms with van der Waals surface area (Å²) in [4.78, 5) is 25.6. The zero-order chi connectivity index (χ0) is 19.1. The van der Waals surface area contributed by atoms with Gasteiger partial charge in [-0.1, -0.05) is 28.1 Å². The molecular formula is C19H24BrNO5. The second-order valence-corrected chi connectivity index (χ2v) is 8.95. The van der Waals surface area contributed by atoms with E-state index in [0.29, 0.717) is 13.0 Å². The fourth-order valence-corrected chi connectivity index (χ4v) is 4.49. The first-order valence-electron chi connectivity index (χ1n) is 8.72. The summed E-state index contributed by atoms with van der Waals surface area (Å²) in [5.41, 5.74) is -0.532. The Bertz CT molecular complexity index is 716. The van der Waals surface area contributed by atoms with Gasteiger partial charge in [0.15, 0.2) is 0 Å². The molecule has 1 aliphatic heterocycles. The minimum absolute atomic E-state index is 0.240. The summed E-state index contributed by atoms with van der Waals surface area (Å²) in [5, 5.41) is 9.15. The number of carbonyl (C=O) groups is 2. The van der Waals surface area contributed by atoms with Gasteiger partial charge < -0.3 is 19.5 Å². The van der Waals surface area contributed by atoms with Gasteiger partial charge in [0, 0.05) is 11.0 Å². The number of hydrogen-bond donors (Lipinski definition) is 1. The van der Waals surface area contributed by atoms with Gasteiger partial charge in [0.1, 0.15) is 17.8 Å². The zero-order valence-corrected chi connectivity index (χ0v) is 16.8. The third-order valence-corrected chi connectivity index (χ3v) is 5.41. The minimum Gasteiger partial charge on any atom is -0.480 e. The number of carboxylic acid groups (broad SMARTS) is 1. The van der Waals surface area contributed by atoms with Gasteiger partial charge in [-0.3, -0.25) is 0 Å². The van der Waals surface area contributed by atoms with Gasteiger partial charge in [-0.2, -0.15) is 0 Å². The molecule has 2 aliphatic rings. The Hall–Kier alpha value is -1.60. The lowest BCUT2D eigenvalue weighted by Gasteiger charge is -2.43. The number of hydrogen-bond acceptors (Lipinski definition) is 4. The van der Waals surface area contributed by atoms with E-state index >= 15 is 0 Å². The predicted octanol–water partition coefficient (Wildman–Crippen LogP) is 3.77. The number of benzene rings is 1. The van der Waals surface area contributed by atoms with E-state index in [1.165, 1.54) is 0 Å². The first kappa shape index (κ1) is 19.2. The minimum atomic E-state index is -1.02. The Morgan fingerprint density at radius 3 is 2.69 bits per heavy atom. The fourth-order valence-electron chi connectivity index (χ4n) is 4.09. The molecule has 2 fully saturated rings. The summed E-state index contributed by atoms with van der Waals surface area (Å²) < 4.78 is 12.4. The number of ether oxygens (including phenoxy) is 2. The van der Waals surface area contributed by atoms with Crippen LogP contribution >= 0.6 is 15.9 Å². The van der Waals surface area contributed by atoms with Gasteiger partial charge in [0.25, 0.3) is 0 Å². The number of halogens is 1. The van der Waals surface area contributed by atoms with Crippen LogP contribution in [0.1, 0.15) is 39.2 Å². The largest absolute Gasteiger partial charge is 0.480 e. The van der Waals surface area contributed by atoms with Crippen LogP contribution in [-0.2, 0) is 19.9 Å². The number of carboxylic acids is 1. The summed E-state index contributed by atoms with van der Waals surface area (Å²) in [5.74, 6) is -0.758. The molecule has 26 heavy (non-hydrogen) atoms. The highest BCUT2D eigenvalue weighted by molar-refractivity contribution is 9.10. The predicted molar refractivity (Wildman–Crippen MR) is 98.9 cm³/mol. The van der Waals surface area contributed by atoms with E-state index in [1.54, 1.807) is 4.90 Å². The van der Waals surface area contributed by atoms with Gasteiger partial charge in [-0.15, -0.1) is 0 Å². The van der Waals surface area contributed by atoms with E-state index in [9.17, 15) is 9.59 Å². The lowest BCUT2D eigenvalue weighted by atomic mass is 9.85. The van der Waals surface area contributed by atoms with Crippen molar-refractivity contribution in [3.63, 3.8) is 0 Å². The van der Waals surface area contributed by atoms with Crippen LogP contribution in [0.25, 0.3) is 0 Å². The number of rotatable bonds is 4. The van der Waals surface area contributed by atoms with Crippen LogP contribution < -0.4 is 0 Å². The monoisotopic (exact) mass is 425 g/mol. The molecule has 1 amide bonds. The molecule has 1 aliphatic carbocycles. The van der Waals surface area contributed by atoms with Crippen LogP contribution in [0.15, 0.2) is 28.7 Å². The van der Waals surface area contributed by atoms with E-state index in [2.05, 4.69) is 15.9 Å². The van der Waals surface area contributed by atoms with Crippen molar-refractivity contribution in [1.82, 2.24) is 4.90 Å². The number of nitrogens with zero attached hydrogens (tertiary/aromatic N) is 1. The number of fused-ring (bicyclic) bond motifs is 2. The highest BCUT2D eigenvalue weighted by Gasteiger charge is 2.59. The quantitative estimate of drug-likeness (QED) is 0.793. The lowest BCUT2D eigenvalue weighted by Crippen LogP contribution is -2.54. The average molecular weight is 426 g/mol. The van der Waals surface area contributed by atoms with E-state index in [4.69, 9.17) is 14.6 Å². The number of carbonyl (C=O) groups excluding carboxylic acids is 1. The second kappa shape index (κ2) is 6.85. The molecule has 3 atom stereocenters. The third-order valence-electron chi connectivity index (χ3n) is 4.91. The first-order chi connectivity index (χ1) is 12.1. The Labute approximate surface area is 161 Å². The Kier molecular flexibility index (Phi) is 5.05. The molecular weight excluding hydrogens is 402 g/mol. The van der Waals surface area contributed by atoms with Crippen molar-refractivity contribution in [3.8, 4) is 0 Å². The zero-order valence-electron chi connectivity index (χ0n) is 15.2. The molecule has 6 nitrogen and oxygen atoms in total. The molecule has 7 heteroatoms. The van der Waals surface area contributed by atoms with E-state index in [0.717, 1.165) is 16.5 Å². The Morgan fingerprint density at radius 2 is 2.12 bits per heavy atom. The van der Waals surface area contributed by atoms with Crippen LogP contribution in [0.4, 0.5) is 4.79 Å². The molecule has 1 saturated heterocycles. The first-order valence-corrected chi connectivity index (χ1v) is 9.51. The number of piperidine rings is 1. The standard InChI is InChI=1S/C19H24BrNO5/c1-18(2,3)26-17(24)21-10-12-7-15(21)19(9-12,25-11-16(22)23)13-5-4-6-14(20)8-13/h4-6,8,12,15H,7,9-11H2,1-3H3,(H,22,23). The molecule has 1 aromatic rings. The highest BCUT2D eigenvalue weighted by Crippen LogP contribution is 2.53. The topological polar surface area (TPSA) is 76.1 Å². The highest BCUT2D eigenvalue weighted by atomic mass is 79.9. The summed E-state index contributed by atoms with van der Waals surface area (Å²) in [7, 11) is 0. The van der Waals surface area contributed by atoms with Crippen molar-refractivity contribution in [1.29, 1.82) is 0 Å². The molecule has 1 heterocycles. The maximum Gasteiger partial charge on any atom is 0.410 e. The van der Waals surface area contributed by atoms with Crippen molar-refractivity contribution in [2.75, 3.05) is 13.2 Å².